The number of fused-ring (bicyclic) bond motifs is 1. The predicted octanol–water partition coefficient (Wildman–Crippen LogP) is 3.12. The molecule has 2 N–H and O–H groups in total. The highest BCUT2D eigenvalue weighted by Gasteiger charge is 2.10. The molecule has 0 unspecified atom stereocenters. The van der Waals surface area contributed by atoms with Crippen molar-refractivity contribution in [2.45, 2.75) is 6.54 Å². The summed E-state index contributed by atoms with van der Waals surface area (Å²) in [6.45, 7) is 0.504. The largest absolute Gasteiger partial charge is 0.489 e. The van der Waals surface area contributed by atoms with E-state index < -0.39 is 17.5 Å². The van der Waals surface area contributed by atoms with Crippen LogP contribution in [-0.2, 0) is 6.54 Å². The van der Waals surface area contributed by atoms with Gasteiger partial charge < -0.3 is 9.30 Å². The highest BCUT2D eigenvalue weighted by molar-refractivity contribution is 5.97. The number of rotatable bonds is 5. The van der Waals surface area contributed by atoms with E-state index in [9.17, 15) is 13.6 Å². The zero-order valence-corrected chi connectivity index (χ0v) is 12.5. The topological polar surface area (TPSA) is 63.5 Å². The number of nitrogens with one attached hydrogen (secondary N) is 1. The third-order valence-corrected chi connectivity index (χ3v) is 3.64. The molecule has 3 aromatic rings. The SMILES string of the molecule is O=C(NO)c1ccc2ccn(CCOc3cccc(F)c3F)c2c1. The molecule has 1 aromatic heterocycles. The van der Waals surface area contributed by atoms with Crippen LogP contribution in [0.2, 0.25) is 0 Å². The lowest BCUT2D eigenvalue weighted by molar-refractivity contribution is 0.0706. The van der Waals surface area contributed by atoms with Gasteiger partial charge in [-0.15, -0.1) is 0 Å². The lowest BCUT2D eigenvalue weighted by atomic mass is 10.1. The van der Waals surface area contributed by atoms with Crippen LogP contribution in [0.3, 0.4) is 0 Å². The fourth-order valence-corrected chi connectivity index (χ4v) is 2.43. The summed E-state index contributed by atoms with van der Waals surface area (Å²) in [6, 6.07) is 10.6. The minimum atomic E-state index is -1.02. The molecule has 0 spiro atoms. The van der Waals surface area contributed by atoms with Crippen molar-refractivity contribution in [1.82, 2.24) is 10.0 Å². The second-order valence-electron chi connectivity index (χ2n) is 5.12. The predicted molar refractivity (Wildman–Crippen MR) is 83.0 cm³/mol. The van der Waals surface area contributed by atoms with E-state index in [1.807, 2.05) is 10.6 Å². The Labute approximate surface area is 136 Å². The summed E-state index contributed by atoms with van der Waals surface area (Å²) in [6.07, 6.45) is 1.80. The number of aromatic nitrogens is 1. The van der Waals surface area contributed by atoms with Crippen LogP contribution in [-0.4, -0.2) is 22.3 Å². The fourth-order valence-electron chi connectivity index (χ4n) is 2.43. The molecule has 0 aliphatic heterocycles. The van der Waals surface area contributed by atoms with Gasteiger partial charge in [-0.1, -0.05) is 12.1 Å². The Hall–Kier alpha value is -2.93. The number of hydrogen-bond donors (Lipinski definition) is 2. The number of amides is 1. The van der Waals surface area contributed by atoms with E-state index in [0.29, 0.717) is 12.1 Å². The van der Waals surface area contributed by atoms with Gasteiger partial charge in [0.05, 0.1) is 6.54 Å². The summed E-state index contributed by atoms with van der Waals surface area (Å²) in [7, 11) is 0. The highest BCUT2D eigenvalue weighted by Crippen LogP contribution is 2.20. The van der Waals surface area contributed by atoms with E-state index in [4.69, 9.17) is 9.94 Å². The minimum absolute atomic E-state index is 0.126. The van der Waals surface area contributed by atoms with Crippen LogP contribution >= 0.6 is 0 Å². The van der Waals surface area contributed by atoms with Gasteiger partial charge in [0, 0.05) is 17.3 Å². The molecule has 0 aliphatic carbocycles. The van der Waals surface area contributed by atoms with Gasteiger partial charge in [0.15, 0.2) is 11.6 Å². The van der Waals surface area contributed by atoms with Crippen molar-refractivity contribution < 1.29 is 23.5 Å². The molecule has 0 saturated carbocycles. The minimum Gasteiger partial charge on any atom is -0.489 e. The summed E-state index contributed by atoms with van der Waals surface area (Å²) in [4.78, 5) is 11.5. The van der Waals surface area contributed by atoms with Crippen molar-refractivity contribution >= 4 is 16.8 Å². The van der Waals surface area contributed by atoms with Crippen LogP contribution in [0.15, 0.2) is 48.7 Å². The van der Waals surface area contributed by atoms with Gasteiger partial charge in [-0.05, 0) is 35.7 Å². The van der Waals surface area contributed by atoms with Gasteiger partial charge in [0.25, 0.3) is 5.91 Å². The number of carbonyl (C=O) groups excluding carboxylic acids is 1. The molecular formula is C17H14F2N2O3. The van der Waals surface area contributed by atoms with Crippen LogP contribution in [0, 0.1) is 11.6 Å². The Morgan fingerprint density at radius 2 is 2.04 bits per heavy atom. The van der Waals surface area contributed by atoms with Gasteiger partial charge in [0.2, 0.25) is 5.82 Å². The Kier molecular flexibility index (Phi) is 4.43. The molecule has 7 heteroatoms. The fraction of sp³-hybridized carbons (Fsp3) is 0.118. The third-order valence-electron chi connectivity index (χ3n) is 3.64. The van der Waals surface area contributed by atoms with Gasteiger partial charge in [0.1, 0.15) is 6.61 Å². The zero-order chi connectivity index (χ0) is 17.1. The summed E-state index contributed by atoms with van der Waals surface area (Å²) in [5.74, 6) is -2.73. The number of benzene rings is 2. The summed E-state index contributed by atoms with van der Waals surface area (Å²) >= 11 is 0. The maximum absolute atomic E-state index is 13.5. The van der Waals surface area contributed by atoms with E-state index >= 15 is 0 Å². The number of hydrogen-bond acceptors (Lipinski definition) is 3. The first-order chi connectivity index (χ1) is 11.6. The van der Waals surface area contributed by atoms with E-state index in [1.54, 1.807) is 29.9 Å². The molecule has 5 nitrogen and oxygen atoms in total. The summed E-state index contributed by atoms with van der Waals surface area (Å²) < 4.78 is 33.8. The van der Waals surface area contributed by atoms with Crippen molar-refractivity contribution in [3.63, 3.8) is 0 Å². The lowest BCUT2D eigenvalue weighted by Gasteiger charge is -2.10. The molecule has 1 amide bonds. The molecule has 3 rings (SSSR count). The van der Waals surface area contributed by atoms with Crippen LogP contribution in [0.25, 0.3) is 10.9 Å². The average molecular weight is 332 g/mol. The maximum Gasteiger partial charge on any atom is 0.274 e. The molecule has 0 atom stereocenters. The Balaban J connectivity index is 1.75. The van der Waals surface area contributed by atoms with Crippen molar-refractivity contribution in [1.29, 1.82) is 0 Å². The van der Waals surface area contributed by atoms with E-state index in [2.05, 4.69) is 0 Å². The molecule has 0 bridgehead atoms. The van der Waals surface area contributed by atoms with Crippen molar-refractivity contribution in [2.75, 3.05) is 6.61 Å². The Morgan fingerprint density at radius 1 is 1.21 bits per heavy atom. The normalized spacial score (nSPS) is 10.8. The molecule has 0 fully saturated rings. The Bertz CT molecular complexity index is 893. The first-order valence-electron chi connectivity index (χ1n) is 7.20. The first-order valence-corrected chi connectivity index (χ1v) is 7.20. The van der Waals surface area contributed by atoms with Crippen LogP contribution < -0.4 is 10.2 Å². The van der Waals surface area contributed by atoms with Gasteiger partial charge >= 0.3 is 0 Å². The zero-order valence-electron chi connectivity index (χ0n) is 12.5. The van der Waals surface area contributed by atoms with E-state index in [-0.39, 0.29) is 12.4 Å². The summed E-state index contributed by atoms with van der Waals surface area (Å²) in [5.41, 5.74) is 2.65. The summed E-state index contributed by atoms with van der Waals surface area (Å²) in [5, 5.41) is 9.61. The van der Waals surface area contributed by atoms with Crippen LogP contribution in [0.4, 0.5) is 8.78 Å². The molecule has 0 aliphatic rings. The maximum atomic E-state index is 13.5. The standard InChI is InChI=1S/C17H14F2N2O3/c18-13-2-1-3-15(16(13)19)24-9-8-21-7-6-11-4-5-12(10-14(11)21)17(22)20-23/h1-7,10,23H,8-9H2,(H,20,22). The average Bonchev–Trinajstić information content (AvgIpc) is 3.00. The number of nitrogens with zero attached hydrogens (tertiary/aromatic N) is 1. The highest BCUT2D eigenvalue weighted by atomic mass is 19.2. The molecular weight excluding hydrogens is 318 g/mol. The quantitative estimate of drug-likeness (QED) is 0.557. The second-order valence-corrected chi connectivity index (χ2v) is 5.12. The molecule has 24 heavy (non-hydrogen) atoms. The lowest BCUT2D eigenvalue weighted by Crippen LogP contribution is -2.18. The van der Waals surface area contributed by atoms with Gasteiger partial charge in [-0.3, -0.25) is 10.0 Å². The first kappa shape index (κ1) is 15.9. The number of ether oxygens (including phenoxy) is 1. The van der Waals surface area contributed by atoms with Crippen molar-refractivity contribution in [3.05, 3.63) is 65.9 Å². The molecule has 0 saturated heterocycles. The van der Waals surface area contributed by atoms with Gasteiger partial charge in [-0.25, -0.2) is 9.87 Å². The molecule has 0 radical (unpaired) electrons. The molecule has 1 heterocycles. The van der Waals surface area contributed by atoms with Crippen molar-refractivity contribution in [2.24, 2.45) is 0 Å². The van der Waals surface area contributed by atoms with Gasteiger partial charge in [-0.2, -0.15) is 4.39 Å². The third kappa shape index (κ3) is 3.07. The molecule has 2 aromatic carbocycles. The van der Waals surface area contributed by atoms with Crippen LogP contribution in [0.5, 0.6) is 5.75 Å². The Morgan fingerprint density at radius 3 is 2.83 bits per heavy atom. The van der Waals surface area contributed by atoms with E-state index in [1.165, 1.54) is 12.1 Å². The van der Waals surface area contributed by atoms with E-state index in [0.717, 1.165) is 17.0 Å². The number of carbonyl (C=O) groups is 1. The second kappa shape index (κ2) is 6.67. The van der Waals surface area contributed by atoms with Crippen LogP contribution in [0.1, 0.15) is 10.4 Å². The monoisotopic (exact) mass is 332 g/mol. The number of hydroxylamine groups is 1. The smallest absolute Gasteiger partial charge is 0.274 e. The number of halogens is 2. The van der Waals surface area contributed by atoms with Crippen molar-refractivity contribution in [3.8, 4) is 5.75 Å². The molecule has 124 valence electrons.